The second kappa shape index (κ2) is 7.59. The van der Waals surface area contributed by atoms with E-state index in [1.54, 1.807) is 7.11 Å². The number of halogens is 2. The van der Waals surface area contributed by atoms with Gasteiger partial charge in [0, 0.05) is 21.5 Å². The summed E-state index contributed by atoms with van der Waals surface area (Å²) in [6.45, 7) is 5.36. The van der Waals surface area contributed by atoms with Gasteiger partial charge in [0.15, 0.2) is 0 Å². The second-order valence-corrected chi connectivity index (χ2v) is 6.08. The summed E-state index contributed by atoms with van der Waals surface area (Å²) in [6.07, 6.45) is 0. The van der Waals surface area contributed by atoms with Crippen LogP contribution in [0.15, 0.2) is 22.7 Å². The van der Waals surface area contributed by atoms with E-state index in [0.29, 0.717) is 12.0 Å². The van der Waals surface area contributed by atoms with Crippen molar-refractivity contribution in [2.45, 2.75) is 26.4 Å². The highest BCUT2D eigenvalue weighted by Gasteiger charge is 2.11. The first-order valence-electron chi connectivity index (χ1n) is 5.70. The van der Waals surface area contributed by atoms with Gasteiger partial charge in [-0.1, -0.05) is 52.4 Å². The van der Waals surface area contributed by atoms with Crippen molar-refractivity contribution in [2.75, 3.05) is 11.5 Å². The molecule has 1 unspecified atom stereocenters. The van der Waals surface area contributed by atoms with E-state index in [1.165, 1.54) is 5.56 Å². The van der Waals surface area contributed by atoms with Crippen LogP contribution in [0.25, 0.3) is 0 Å². The Hall–Kier alpha value is 0.190. The molecule has 1 rings (SSSR count). The number of nitrogens with one attached hydrogen (secondary N) is 1. The lowest BCUT2D eigenvalue weighted by Crippen LogP contribution is -2.34. The molecular formula is C13H19BrINO. The maximum Gasteiger partial charge on any atom is 0.119 e. The number of hydrogen-bond acceptors (Lipinski definition) is 2. The van der Waals surface area contributed by atoms with E-state index >= 15 is 0 Å². The quantitative estimate of drug-likeness (QED) is 0.564. The fourth-order valence-corrected chi connectivity index (χ4v) is 3.24. The average Bonchev–Trinajstić information content (AvgIpc) is 2.31. The topological polar surface area (TPSA) is 21.3 Å². The first-order valence-corrected chi connectivity index (χ1v) is 8.02. The Bertz CT molecular complexity index is 357. The molecule has 0 aliphatic heterocycles. The summed E-state index contributed by atoms with van der Waals surface area (Å²) in [4.78, 5) is 0. The molecule has 0 bridgehead atoms. The molecule has 0 saturated heterocycles. The Morgan fingerprint density at radius 1 is 1.41 bits per heavy atom. The molecule has 0 fully saturated rings. The number of alkyl halides is 1. The SMILES string of the molecule is COc1ccc(Br)c(CNC(CI)C(C)C)c1. The molecule has 4 heteroatoms. The van der Waals surface area contributed by atoms with Crippen molar-refractivity contribution in [3.05, 3.63) is 28.2 Å². The van der Waals surface area contributed by atoms with E-state index < -0.39 is 0 Å². The number of rotatable bonds is 6. The van der Waals surface area contributed by atoms with Crippen LogP contribution in [-0.4, -0.2) is 17.6 Å². The molecule has 96 valence electrons. The third kappa shape index (κ3) is 4.75. The molecule has 0 amide bonds. The molecule has 0 spiro atoms. The first kappa shape index (κ1) is 15.2. The molecule has 1 N–H and O–H groups in total. The Morgan fingerprint density at radius 3 is 2.65 bits per heavy atom. The Balaban J connectivity index is 2.67. The number of ether oxygens (including phenoxy) is 1. The summed E-state index contributed by atoms with van der Waals surface area (Å²) in [6, 6.07) is 6.62. The van der Waals surface area contributed by atoms with E-state index in [-0.39, 0.29) is 0 Å². The molecule has 0 radical (unpaired) electrons. The summed E-state index contributed by atoms with van der Waals surface area (Å²) in [5.74, 6) is 1.55. The van der Waals surface area contributed by atoms with Crippen LogP contribution < -0.4 is 10.1 Å². The van der Waals surface area contributed by atoms with E-state index in [9.17, 15) is 0 Å². The maximum absolute atomic E-state index is 5.24. The van der Waals surface area contributed by atoms with Crippen LogP contribution in [0.3, 0.4) is 0 Å². The standard InChI is InChI=1S/C13H19BrINO/c1-9(2)13(7-15)16-8-10-6-11(17-3)4-5-12(10)14/h4-6,9,13,16H,7-8H2,1-3H3. The highest BCUT2D eigenvalue weighted by molar-refractivity contribution is 14.1. The van der Waals surface area contributed by atoms with Gasteiger partial charge in [0.25, 0.3) is 0 Å². The van der Waals surface area contributed by atoms with Crippen molar-refractivity contribution in [3.8, 4) is 5.75 Å². The summed E-state index contributed by atoms with van der Waals surface area (Å²) in [5, 5.41) is 3.58. The summed E-state index contributed by atoms with van der Waals surface area (Å²) >= 11 is 6.00. The van der Waals surface area contributed by atoms with Crippen LogP contribution in [0.2, 0.25) is 0 Å². The van der Waals surface area contributed by atoms with Gasteiger partial charge >= 0.3 is 0 Å². The Labute approximate surface area is 126 Å². The van der Waals surface area contributed by atoms with Crippen molar-refractivity contribution in [1.82, 2.24) is 5.32 Å². The lowest BCUT2D eigenvalue weighted by atomic mass is 10.1. The normalized spacial score (nSPS) is 12.8. The fourth-order valence-electron chi connectivity index (χ4n) is 1.52. The predicted octanol–water partition coefficient (Wildman–Crippen LogP) is 4.01. The summed E-state index contributed by atoms with van der Waals surface area (Å²) < 4.78 is 7.49. The molecular weight excluding hydrogens is 393 g/mol. The van der Waals surface area contributed by atoms with Gasteiger partial charge in [-0.05, 0) is 29.7 Å². The van der Waals surface area contributed by atoms with Gasteiger partial charge in [-0.3, -0.25) is 0 Å². The molecule has 1 aromatic rings. The molecule has 0 aliphatic rings. The predicted molar refractivity (Wildman–Crippen MR) is 85.0 cm³/mol. The first-order chi connectivity index (χ1) is 8.08. The van der Waals surface area contributed by atoms with Crippen LogP contribution in [-0.2, 0) is 6.54 Å². The zero-order chi connectivity index (χ0) is 12.8. The van der Waals surface area contributed by atoms with E-state index in [0.717, 1.165) is 21.2 Å². The number of methoxy groups -OCH3 is 1. The van der Waals surface area contributed by atoms with E-state index in [2.05, 4.69) is 63.8 Å². The zero-order valence-electron chi connectivity index (χ0n) is 10.5. The fraction of sp³-hybridized carbons (Fsp3) is 0.538. The Morgan fingerprint density at radius 2 is 2.12 bits per heavy atom. The van der Waals surface area contributed by atoms with Crippen molar-refractivity contribution in [3.63, 3.8) is 0 Å². The molecule has 17 heavy (non-hydrogen) atoms. The second-order valence-electron chi connectivity index (χ2n) is 4.34. The lowest BCUT2D eigenvalue weighted by Gasteiger charge is -2.20. The molecule has 2 nitrogen and oxygen atoms in total. The van der Waals surface area contributed by atoms with Gasteiger partial charge in [-0.15, -0.1) is 0 Å². The average molecular weight is 412 g/mol. The van der Waals surface area contributed by atoms with Gasteiger partial charge in [0.2, 0.25) is 0 Å². The third-order valence-electron chi connectivity index (χ3n) is 2.78. The molecule has 1 atom stereocenters. The molecule has 0 saturated carbocycles. The zero-order valence-corrected chi connectivity index (χ0v) is 14.2. The lowest BCUT2D eigenvalue weighted by molar-refractivity contribution is 0.412. The van der Waals surface area contributed by atoms with Crippen molar-refractivity contribution < 1.29 is 4.74 Å². The molecule has 0 aromatic heterocycles. The minimum absolute atomic E-state index is 0.550. The molecule has 0 aliphatic carbocycles. The minimum Gasteiger partial charge on any atom is -0.497 e. The number of benzene rings is 1. The van der Waals surface area contributed by atoms with Crippen LogP contribution in [0.5, 0.6) is 5.75 Å². The highest BCUT2D eigenvalue weighted by Crippen LogP contribution is 2.22. The van der Waals surface area contributed by atoms with E-state index in [1.807, 2.05) is 12.1 Å². The highest BCUT2D eigenvalue weighted by atomic mass is 127. The van der Waals surface area contributed by atoms with Crippen molar-refractivity contribution in [2.24, 2.45) is 5.92 Å². The molecule has 1 aromatic carbocycles. The van der Waals surface area contributed by atoms with Crippen molar-refractivity contribution >= 4 is 38.5 Å². The van der Waals surface area contributed by atoms with Gasteiger partial charge in [-0.25, -0.2) is 0 Å². The Kier molecular flexibility index (Phi) is 6.80. The van der Waals surface area contributed by atoms with E-state index in [4.69, 9.17) is 4.74 Å². The van der Waals surface area contributed by atoms with Crippen molar-refractivity contribution in [1.29, 1.82) is 0 Å². The van der Waals surface area contributed by atoms with Gasteiger partial charge in [-0.2, -0.15) is 0 Å². The van der Waals surface area contributed by atoms with Gasteiger partial charge in [0.05, 0.1) is 7.11 Å². The van der Waals surface area contributed by atoms with Crippen LogP contribution in [0.1, 0.15) is 19.4 Å². The van der Waals surface area contributed by atoms with Crippen LogP contribution in [0.4, 0.5) is 0 Å². The summed E-state index contributed by atoms with van der Waals surface area (Å²) in [5.41, 5.74) is 1.24. The maximum atomic E-state index is 5.24. The number of hydrogen-bond donors (Lipinski definition) is 1. The van der Waals surface area contributed by atoms with Gasteiger partial charge < -0.3 is 10.1 Å². The minimum atomic E-state index is 0.550. The third-order valence-corrected chi connectivity index (χ3v) is 4.50. The van der Waals surface area contributed by atoms with Crippen LogP contribution >= 0.6 is 38.5 Å². The molecule has 0 heterocycles. The van der Waals surface area contributed by atoms with Crippen LogP contribution in [0, 0.1) is 5.92 Å². The van der Waals surface area contributed by atoms with Gasteiger partial charge in [0.1, 0.15) is 5.75 Å². The monoisotopic (exact) mass is 411 g/mol. The largest absolute Gasteiger partial charge is 0.497 e. The smallest absolute Gasteiger partial charge is 0.119 e. The summed E-state index contributed by atoms with van der Waals surface area (Å²) in [7, 11) is 1.70.